The highest BCUT2D eigenvalue weighted by Crippen LogP contribution is 2.21. The number of ether oxygens (including phenoxy) is 1. The van der Waals surface area contributed by atoms with Crippen LogP contribution in [0.4, 0.5) is 5.69 Å². The molecular formula is C19H24N2O3. The van der Waals surface area contributed by atoms with Gasteiger partial charge in [0.05, 0.1) is 13.2 Å². The number of aliphatic hydroxyl groups excluding tert-OH is 1. The van der Waals surface area contributed by atoms with E-state index in [4.69, 9.17) is 4.74 Å². The van der Waals surface area contributed by atoms with Gasteiger partial charge in [0.15, 0.2) is 0 Å². The zero-order chi connectivity index (χ0) is 17.5. The second-order valence-corrected chi connectivity index (χ2v) is 5.73. The van der Waals surface area contributed by atoms with E-state index in [1.165, 1.54) is 6.92 Å². The Balaban J connectivity index is 1.96. The average molecular weight is 328 g/mol. The van der Waals surface area contributed by atoms with E-state index >= 15 is 0 Å². The van der Waals surface area contributed by atoms with Crippen LogP contribution >= 0.6 is 0 Å². The second kappa shape index (κ2) is 8.47. The lowest BCUT2D eigenvalue weighted by Crippen LogP contribution is -2.24. The normalized spacial score (nSPS) is 13.2. The van der Waals surface area contributed by atoms with Crippen molar-refractivity contribution < 1.29 is 14.6 Å². The van der Waals surface area contributed by atoms with Gasteiger partial charge in [-0.05, 0) is 42.3 Å². The van der Waals surface area contributed by atoms with Gasteiger partial charge in [0, 0.05) is 25.2 Å². The molecule has 0 saturated carbocycles. The number of aliphatic hydroxyl groups is 1. The fraction of sp³-hybridized carbons (Fsp3) is 0.316. The standard InChI is InChI=1S/C19H24N2O3/c1-13(15-6-4-8-17(10-15)21-14(2)22)20-12-19(23)16-7-5-9-18(11-16)24-3/h4-11,13,19-20,23H,12H2,1-3H3,(H,21,22). The molecule has 0 heterocycles. The van der Waals surface area contributed by atoms with E-state index in [0.29, 0.717) is 6.54 Å². The van der Waals surface area contributed by atoms with Gasteiger partial charge in [0.2, 0.25) is 5.91 Å². The number of carbonyl (C=O) groups excluding carboxylic acids is 1. The third-order valence-corrected chi connectivity index (χ3v) is 3.80. The third kappa shape index (κ3) is 5.08. The molecule has 0 aliphatic rings. The average Bonchev–Trinajstić information content (AvgIpc) is 2.59. The fourth-order valence-electron chi connectivity index (χ4n) is 2.46. The summed E-state index contributed by atoms with van der Waals surface area (Å²) in [6.45, 7) is 3.92. The van der Waals surface area contributed by atoms with Crippen LogP contribution in [0.25, 0.3) is 0 Å². The van der Waals surface area contributed by atoms with Crippen molar-refractivity contribution in [2.45, 2.75) is 26.0 Å². The summed E-state index contributed by atoms with van der Waals surface area (Å²) < 4.78 is 5.18. The van der Waals surface area contributed by atoms with Crippen LogP contribution in [0.15, 0.2) is 48.5 Å². The lowest BCUT2D eigenvalue weighted by atomic mass is 10.1. The van der Waals surface area contributed by atoms with Gasteiger partial charge >= 0.3 is 0 Å². The predicted molar refractivity (Wildman–Crippen MR) is 95.1 cm³/mol. The minimum atomic E-state index is -0.624. The minimum absolute atomic E-state index is 0.0407. The number of hydrogen-bond acceptors (Lipinski definition) is 4. The monoisotopic (exact) mass is 328 g/mol. The van der Waals surface area contributed by atoms with Crippen LogP contribution in [-0.4, -0.2) is 24.7 Å². The molecule has 0 bridgehead atoms. The van der Waals surface area contributed by atoms with Gasteiger partial charge in [-0.2, -0.15) is 0 Å². The van der Waals surface area contributed by atoms with Gasteiger partial charge in [-0.25, -0.2) is 0 Å². The Kier molecular flexibility index (Phi) is 6.35. The van der Waals surface area contributed by atoms with Crippen LogP contribution in [0.1, 0.15) is 37.1 Å². The first kappa shape index (κ1) is 18.0. The molecule has 5 nitrogen and oxygen atoms in total. The largest absolute Gasteiger partial charge is 0.497 e. The van der Waals surface area contributed by atoms with Crippen molar-refractivity contribution in [1.29, 1.82) is 0 Å². The molecule has 0 aromatic heterocycles. The number of carbonyl (C=O) groups is 1. The maximum atomic E-state index is 11.1. The quantitative estimate of drug-likeness (QED) is 0.730. The van der Waals surface area contributed by atoms with E-state index in [-0.39, 0.29) is 11.9 Å². The zero-order valence-electron chi connectivity index (χ0n) is 14.2. The summed E-state index contributed by atoms with van der Waals surface area (Å²) in [4.78, 5) is 11.1. The molecule has 128 valence electrons. The van der Waals surface area contributed by atoms with E-state index in [2.05, 4.69) is 10.6 Å². The predicted octanol–water partition coefficient (Wildman–Crippen LogP) is 3.04. The van der Waals surface area contributed by atoms with Crippen LogP contribution in [-0.2, 0) is 4.79 Å². The van der Waals surface area contributed by atoms with Crippen molar-refractivity contribution in [2.75, 3.05) is 19.0 Å². The van der Waals surface area contributed by atoms with Crippen LogP contribution < -0.4 is 15.4 Å². The Hall–Kier alpha value is -2.37. The number of amides is 1. The number of benzene rings is 2. The zero-order valence-corrected chi connectivity index (χ0v) is 14.2. The second-order valence-electron chi connectivity index (χ2n) is 5.73. The summed E-state index contributed by atoms with van der Waals surface area (Å²) in [5.74, 6) is 0.629. The molecule has 1 amide bonds. The molecule has 0 aliphatic carbocycles. The Morgan fingerprint density at radius 1 is 1.17 bits per heavy atom. The first-order valence-corrected chi connectivity index (χ1v) is 7.92. The van der Waals surface area contributed by atoms with Gasteiger partial charge in [0.25, 0.3) is 0 Å². The molecule has 2 aromatic carbocycles. The number of methoxy groups -OCH3 is 1. The molecule has 24 heavy (non-hydrogen) atoms. The minimum Gasteiger partial charge on any atom is -0.497 e. The van der Waals surface area contributed by atoms with Crippen molar-refractivity contribution in [3.63, 3.8) is 0 Å². The molecule has 2 atom stereocenters. The topological polar surface area (TPSA) is 70.6 Å². The molecule has 2 rings (SSSR count). The summed E-state index contributed by atoms with van der Waals surface area (Å²) in [7, 11) is 1.61. The number of rotatable bonds is 7. The third-order valence-electron chi connectivity index (χ3n) is 3.80. The molecule has 0 fully saturated rings. The van der Waals surface area contributed by atoms with Crippen molar-refractivity contribution in [2.24, 2.45) is 0 Å². The SMILES string of the molecule is COc1cccc(C(O)CNC(C)c2cccc(NC(C)=O)c2)c1. The maximum Gasteiger partial charge on any atom is 0.221 e. The molecule has 0 aliphatic heterocycles. The molecule has 0 radical (unpaired) electrons. The summed E-state index contributed by atoms with van der Waals surface area (Å²) in [5, 5.41) is 16.4. The molecule has 3 N–H and O–H groups in total. The smallest absolute Gasteiger partial charge is 0.221 e. The van der Waals surface area contributed by atoms with Gasteiger partial charge < -0.3 is 20.5 Å². The lowest BCUT2D eigenvalue weighted by Gasteiger charge is -2.19. The highest BCUT2D eigenvalue weighted by atomic mass is 16.5. The van der Waals surface area contributed by atoms with Gasteiger partial charge in [-0.1, -0.05) is 24.3 Å². The molecule has 2 unspecified atom stereocenters. The van der Waals surface area contributed by atoms with E-state index in [9.17, 15) is 9.90 Å². The van der Waals surface area contributed by atoms with Crippen molar-refractivity contribution >= 4 is 11.6 Å². The first-order chi connectivity index (χ1) is 11.5. The molecule has 5 heteroatoms. The molecule has 2 aromatic rings. The van der Waals surface area contributed by atoms with Gasteiger partial charge in [0.1, 0.15) is 5.75 Å². The van der Waals surface area contributed by atoms with E-state index in [1.807, 2.05) is 55.5 Å². The summed E-state index contributed by atoms with van der Waals surface area (Å²) in [6.07, 6.45) is -0.624. The van der Waals surface area contributed by atoms with Gasteiger partial charge in [-0.3, -0.25) is 4.79 Å². The van der Waals surface area contributed by atoms with E-state index in [0.717, 1.165) is 22.6 Å². The van der Waals surface area contributed by atoms with Crippen LogP contribution in [0.5, 0.6) is 5.75 Å². The lowest BCUT2D eigenvalue weighted by molar-refractivity contribution is -0.114. The van der Waals surface area contributed by atoms with Crippen molar-refractivity contribution in [3.8, 4) is 5.75 Å². The Morgan fingerprint density at radius 3 is 2.58 bits per heavy atom. The van der Waals surface area contributed by atoms with Crippen LogP contribution in [0.2, 0.25) is 0 Å². The number of anilines is 1. The Labute approximate surface area is 142 Å². The molecule has 0 spiro atoms. The Bertz CT molecular complexity index is 688. The van der Waals surface area contributed by atoms with E-state index in [1.54, 1.807) is 7.11 Å². The fourth-order valence-corrected chi connectivity index (χ4v) is 2.46. The summed E-state index contributed by atoms with van der Waals surface area (Å²) >= 11 is 0. The highest BCUT2D eigenvalue weighted by molar-refractivity contribution is 5.88. The van der Waals surface area contributed by atoms with Crippen LogP contribution in [0, 0.1) is 0 Å². The molecule has 0 saturated heterocycles. The van der Waals surface area contributed by atoms with Crippen LogP contribution in [0.3, 0.4) is 0 Å². The highest BCUT2D eigenvalue weighted by Gasteiger charge is 2.12. The first-order valence-electron chi connectivity index (χ1n) is 7.92. The van der Waals surface area contributed by atoms with E-state index < -0.39 is 6.10 Å². The summed E-state index contributed by atoms with van der Waals surface area (Å²) in [5.41, 5.74) is 2.61. The van der Waals surface area contributed by atoms with Crippen molar-refractivity contribution in [3.05, 3.63) is 59.7 Å². The Morgan fingerprint density at radius 2 is 1.88 bits per heavy atom. The number of nitrogens with one attached hydrogen (secondary N) is 2. The number of hydrogen-bond donors (Lipinski definition) is 3. The van der Waals surface area contributed by atoms with Gasteiger partial charge in [-0.15, -0.1) is 0 Å². The maximum absolute atomic E-state index is 11.1. The molecular weight excluding hydrogens is 304 g/mol. The van der Waals surface area contributed by atoms with Crippen molar-refractivity contribution in [1.82, 2.24) is 5.32 Å². The summed E-state index contributed by atoms with van der Waals surface area (Å²) in [6, 6.07) is 15.1.